The Kier molecular flexibility index (Phi) is 3.55. The summed E-state index contributed by atoms with van der Waals surface area (Å²) < 4.78 is 18.0. The van der Waals surface area contributed by atoms with Gasteiger partial charge >= 0.3 is 0 Å². The van der Waals surface area contributed by atoms with Gasteiger partial charge in [0.25, 0.3) is 0 Å². The molecule has 0 amide bonds. The molecule has 0 radical (unpaired) electrons. The van der Waals surface area contributed by atoms with Crippen molar-refractivity contribution in [3.63, 3.8) is 0 Å². The summed E-state index contributed by atoms with van der Waals surface area (Å²) in [4.78, 5) is 0. The van der Waals surface area contributed by atoms with E-state index in [0.29, 0.717) is 11.6 Å². The lowest BCUT2D eigenvalue weighted by atomic mass is 10.0. The number of hydrogen-bond donors (Lipinski definition) is 0. The fourth-order valence-electron chi connectivity index (χ4n) is 1.17. The maximum Gasteiger partial charge on any atom is 0.123 e. The first kappa shape index (κ1) is 10.3. The molecule has 1 aromatic rings. The predicted octanol–water partition coefficient (Wildman–Crippen LogP) is 3.18. The second-order valence-corrected chi connectivity index (χ2v) is 3.25. The zero-order valence-electron chi connectivity index (χ0n) is 7.68. The summed E-state index contributed by atoms with van der Waals surface area (Å²) >= 11 is 5.69. The molecule has 0 aliphatic rings. The average molecular weight is 203 g/mol. The van der Waals surface area contributed by atoms with Crippen molar-refractivity contribution in [2.75, 3.05) is 13.0 Å². The van der Waals surface area contributed by atoms with Gasteiger partial charge in [-0.3, -0.25) is 0 Å². The SMILES string of the molecule is COc1ccc(F)cc1C(C)CCl. The van der Waals surface area contributed by atoms with Gasteiger partial charge in [0.05, 0.1) is 7.11 Å². The van der Waals surface area contributed by atoms with Gasteiger partial charge in [0.15, 0.2) is 0 Å². The van der Waals surface area contributed by atoms with Crippen LogP contribution in [-0.4, -0.2) is 13.0 Å². The molecule has 72 valence electrons. The Morgan fingerprint density at radius 3 is 2.77 bits per heavy atom. The van der Waals surface area contributed by atoms with Gasteiger partial charge < -0.3 is 4.74 Å². The standard InChI is InChI=1S/C10H12ClFO/c1-7(6-11)9-5-8(12)3-4-10(9)13-2/h3-5,7H,6H2,1-2H3. The second-order valence-electron chi connectivity index (χ2n) is 2.94. The maximum atomic E-state index is 12.9. The zero-order chi connectivity index (χ0) is 9.84. The summed E-state index contributed by atoms with van der Waals surface area (Å²) in [5, 5.41) is 0. The Hall–Kier alpha value is -0.760. The largest absolute Gasteiger partial charge is 0.496 e. The first-order valence-corrected chi connectivity index (χ1v) is 4.62. The fraction of sp³-hybridized carbons (Fsp3) is 0.400. The summed E-state index contributed by atoms with van der Waals surface area (Å²) in [6.45, 7) is 1.93. The van der Waals surface area contributed by atoms with Crippen LogP contribution < -0.4 is 4.74 Å². The third-order valence-electron chi connectivity index (χ3n) is 1.95. The molecule has 1 nitrogen and oxygen atoms in total. The van der Waals surface area contributed by atoms with Gasteiger partial charge in [-0.2, -0.15) is 0 Å². The minimum absolute atomic E-state index is 0.104. The molecular formula is C10H12ClFO. The van der Waals surface area contributed by atoms with Gasteiger partial charge in [-0.1, -0.05) is 6.92 Å². The average Bonchev–Trinajstić information content (AvgIpc) is 2.16. The number of rotatable bonds is 3. The Morgan fingerprint density at radius 2 is 2.23 bits per heavy atom. The third-order valence-corrected chi connectivity index (χ3v) is 2.42. The van der Waals surface area contributed by atoms with Gasteiger partial charge in [0, 0.05) is 11.4 Å². The Bertz CT molecular complexity index is 288. The van der Waals surface area contributed by atoms with Crippen molar-refractivity contribution in [2.24, 2.45) is 0 Å². The van der Waals surface area contributed by atoms with E-state index in [2.05, 4.69) is 0 Å². The molecular weight excluding hydrogens is 191 g/mol. The number of alkyl halides is 1. The van der Waals surface area contributed by atoms with Crippen LogP contribution >= 0.6 is 11.6 Å². The van der Waals surface area contributed by atoms with Crippen LogP contribution in [-0.2, 0) is 0 Å². The first-order valence-electron chi connectivity index (χ1n) is 4.08. The highest BCUT2D eigenvalue weighted by molar-refractivity contribution is 6.18. The molecule has 0 saturated heterocycles. The minimum Gasteiger partial charge on any atom is -0.496 e. The van der Waals surface area contributed by atoms with Crippen LogP contribution in [0.5, 0.6) is 5.75 Å². The number of methoxy groups -OCH3 is 1. The van der Waals surface area contributed by atoms with Crippen molar-refractivity contribution < 1.29 is 9.13 Å². The van der Waals surface area contributed by atoms with Gasteiger partial charge in [-0.05, 0) is 24.1 Å². The highest BCUT2D eigenvalue weighted by Gasteiger charge is 2.10. The molecule has 0 aromatic heterocycles. The maximum absolute atomic E-state index is 12.9. The molecule has 3 heteroatoms. The van der Waals surface area contributed by atoms with Crippen LogP contribution in [0.1, 0.15) is 18.4 Å². The van der Waals surface area contributed by atoms with Crippen molar-refractivity contribution in [2.45, 2.75) is 12.8 Å². The summed E-state index contributed by atoms with van der Waals surface area (Å²) in [5.74, 6) is 0.995. The summed E-state index contributed by atoms with van der Waals surface area (Å²) in [5.41, 5.74) is 0.817. The van der Waals surface area contributed by atoms with Gasteiger partial charge in [0.2, 0.25) is 0 Å². The van der Waals surface area contributed by atoms with Crippen molar-refractivity contribution >= 4 is 11.6 Å². The minimum atomic E-state index is -0.257. The quantitative estimate of drug-likeness (QED) is 0.685. The molecule has 0 aliphatic carbocycles. The monoisotopic (exact) mass is 202 g/mol. The Balaban J connectivity index is 3.07. The number of hydrogen-bond acceptors (Lipinski definition) is 1. The topological polar surface area (TPSA) is 9.23 Å². The molecule has 0 aliphatic heterocycles. The molecule has 0 heterocycles. The molecule has 1 unspecified atom stereocenters. The van der Waals surface area contributed by atoms with Crippen molar-refractivity contribution in [3.05, 3.63) is 29.6 Å². The molecule has 0 N–H and O–H groups in total. The smallest absolute Gasteiger partial charge is 0.123 e. The number of benzene rings is 1. The van der Waals surface area contributed by atoms with Crippen molar-refractivity contribution in [3.8, 4) is 5.75 Å². The van der Waals surface area contributed by atoms with E-state index in [1.807, 2.05) is 6.92 Å². The van der Waals surface area contributed by atoms with Crippen LogP contribution in [0.2, 0.25) is 0 Å². The van der Waals surface area contributed by atoms with Crippen molar-refractivity contribution in [1.29, 1.82) is 0 Å². The second kappa shape index (κ2) is 4.47. The lowest BCUT2D eigenvalue weighted by Crippen LogP contribution is -1.99. The van der Waals surface area contributed by atoms with E-state index in [1.165, 1.54) is 12.1 Å². The van der Waals surface area contributed by atoms with E-state index in [0.717, 1.165) is 5.56 Å². The van der Waals surface area contributed by atoms with Gasteiger partial charge in [-0.25, -0.2) is 4.39 Å². The lowest BCUT2D eigenvalue weighted by molar-refractivity contribution is 0.406. The van der Waals surface area contributed by atoms with E-state index in [9.17, 15) is 4.39 Å². The van der Waals surface area contributed by atoms with Crippen molar-refractivity contribution in [1.82, 2.24) is 0 Å². The molecule has 1 aromatic carbocycles. The van der Waals surface area contributed by atoms with Gasteiger partial charge in [0.1, 0.15) is 11.6 Å². The predicted molar refractivity (Wildman–Crippen MR) is 52.1 cm³/mol. The molecule has 0 saturated carbocycles. The fourth-order valence-corrected chi connectivity index (χ4v) is 1.34. The molecule has 1 rings (SSSR count). The first-order chi connectivity index (χ1) is 6.19. The highest BCUT2D eigenvalue weighted by atomic mass is 35.5. The van der Waals surface area contributed by atoms with E-state index in [-0.39, 0.29) is 11.7 Å². The van der Waals surface area contributed by atoms with E-state index in [1.54, 1.807) is 13.2 Å². The highest BCUT2D eigenvalue weighted by Crippen LogP contribution is 2.27. The van der Waals surface area contributed by atoms with Crippen LogP contribution in [0.15, 0.2) is 18.2 Å². The third kappa shape index (κ3) is 2.34. The van der Waals surface area contributed by atoms with E-state index < -0.39 is 0 Å². The van der Waals surface area contributed by atoms with Crippen LogP contribution in [0.3, 0.4) is 0 Å². The summed E-state index contributed by atoms with van der Waals surface area (Å²) in [6.07, 6.45) is 0. The Morgan fingerprint density at radius 1 is 1.54 bits per heavy atom. The number of ether oxygens (including phenoxy) is 1. The van der Waals surface area contributed by atoms with E-state index in [4.69, 9.17) is 16.3 Å². The van der Waals surface area contributed by atoms with Crippen LogP contribution in [0.4, 0.5) is 4.39 Å². The Labute approximate surface area is 82.5 Å². The molecule has 13 heavy (non-hydrogen) atoms. The normalized spacial score (nSPS) is 12.6. The summed E-state index contributed by atoms with van der Waals surface area (Å²) in [7, 11) is 1.57. The molecule has 1 atom stereocenters. The molecule has 0 bridgehead atoms. The summed E-state index contributed by atoms with van der Waals surface area (Å²) in [6, 6.07) is 4.46. The van der Waals surface area contributed by atoms with E-state index >= 15 is 0 Å². The van der Waals surface area contributed by atoms with Gasteiger partial charge in [-0.15, -0.1) is 11.6 Å². The van der Waals surface area contributed by atoms with Crippen LogP contribution in [0, 0.1) is 5.82 Å². The molecule has 0 fully saturated rings. The molecule has 0 spiro atoms. The number of halogens is 2. The lowest BCUT2D eigenvalue weighted by Gasteiger charge is -2.12. The van der Waals surface area contributed by atoms with Crippen LogP contribution in [0.25, 0.3) is 0 Å². The zero-order valence-corrected chi connectivity index (χ0v) is 8.44.